The van der Waals surface area contributed by atoms with E-state index in [2.05, 4.69) is 10.6 Å². The Kier molecular flexibility index (Phi) is 8.67. The number of aliphatic hydroxyl groups excluding tert-OH is 1. The number of amides is 3. The van der Waals surface area contributed by atoms with Gasteiger partial charge in [0.2, 0.25) is 5.91 Å². The van der Waals surface area contributed by atoms with E-state index in [0.29, 0.717) is 41.4 Å². The molecule has 0 aromatic heterocycles. The molecule has 3 aromatic rings. The third-order valence-corrected chi connectivity index (χ3v) is 6.62. The zero-order valence-electron chi connectivity index (χ0n) is 21.7. The number of carbonyl (C=O) groups is 3. The van der Waals surface area contributed by atoms with Gasteiger partial charge in [0.05, 0.1) is 36.9 Å². The monoisotopic (exact) mass is 533 g/mol. The number of nitrogens with one attached hydrogen (secondary N) is 2. The number of aryl methyl sites for hydroxylation is 1. The number of rotatable bonds is 9. The van der Waals surface area contributed by atoms with E-state index in [1.54, 1.807) is 35.2 Å². The molecule has 39 heavy (non-hydrogen) atoms. The number of aromatic carboxylic acids is 1. The molecule has 3 amide bonds. The molecule has 4 N–H and O–H groups in total. The number of carbonyl (C=O) groups excluding carboxylic acids is 2. The van der Waals surface area contributed by atoms with Crippen molar-refractivity contribution in [3.63, 3.8) is 0 Å². The van der Waals surface area contributed by atoms with Crippen LogP contribution < -0.4 is 20.1 Å². The van der Waals surface area contributed by atoms with Crippen LogP contribution in [0.15, 0.2) is 66.7 Å². The molecule has 0 radical (unpaired) electrons. The first kappa shape index (κ1) is 27.5. The molecule has 0 spiro atoms. The van der Waals surface area contributed by atoms with Crippen molar-refractivity contribution in [2.75, 3.05) is 30.9 Å². The van der Waals surface area contributed by atoms with Crippen molar-refractivity contribution in [3.05, 3.63) is 83.4 Å². The van der Waals surface area contributed by atoms with Crippen molar-refractivity contribution in [2.45, 2.75) is 31.9 Å². The minimum Gasteiger partial charge on any atom is -0.495 e. The highest BCUT2D eigenvalue weighted by Crippen LogP contribution is 2.28. The number of ether oxygens (including phenoxy) is 2. The molecule has 204 valence electrons. The number of nitrogens with zero attached hydrogens (tertiary/aromatic N) is 1. The fraction of sp³-hybridized carbons (Fsp3) is 0.276. The number of methoxy groups -OCH3 is 1. The topological polar surface area (TPSA) is 137 Å². The van der Waals surface area contributed by atoms with Crippen molar-refractivity contribution < 1.29 is 34.1 Å². The number of aliphatic hydroxyl groups is 1. The lowest BCUT2D eigenvalue weighted by Crippen LogP contribution is -2.44. The smallest absolute Gasteiger partial charge is 0.335 e. The Morgan fingerprint density at radius 3 is 2.41 bits per heavy atom. The van der Waals surface area contributed by atoms with Crippen LogP contribution in [0.4, 0.5) is 16.2 Å². The summed E-state index contributed by atoms with van der Waals surface area (Å²) in [6.45, 7) is 2.36. The zero-order valence-corrected chi connectivity index (χ0v) is 21.7. The van der Waals surface area contributed by atoms with Gasteiger partial charge in [-0.25, -0.2) is 9.59 Å². The van der Waals surface area contributed by atoms with E-state index < -0.39 is 24.1 Å². The molecule has 1 aliphatic rings. The minimum atomic E-state index is -1.03. The second kappa shape index (κ2) is 12.3. The zero-order chi connectivity index (χ0) is 27.9. The molecular weight excluding hydrogens is 502 g/mol. The lowest BCUT2D eigenvalue weighted by atomic mass is 10.1. The summed E-state index contributed by atoms with van der Waals surface area (Å²) in [5.41, 5.74) is 2.91. The highest BCUT2D eigenvalue weighted by atomic mass is 16.5. The van der Waals surface area contributed by atoms with Gasteiger partial charge in [0.25, 0.3) is 0 Å². The largest absolute Gasteiger partial charge is 0.495 e. The van der Waals surface area contributed by atoms with Crippen LogP contribution in [0.3, 0.4) is 0 Å². The SMILES string of the molecule is COc1cc(CC(=O)N2CC[C@H](O)[C@H]2COc2ccc(C(=O)O)cc2)ccc1NC(=O)Nc1ccccc1C. The number of urea groups is 1. The normalized spacial score (nSPS) is 16.4. The van der Waals surface area contributed by atoms with Crippen LogP contribution in [0.2, 0.25) is 0 Å². The van der Waals surface area contributed by atoms with E-state index in [9.17, 15) is 19.5 Å². The first-order valence-corrected chi connectivity index (χ1v) is 12.5. The molecular formula is C29H31N3O7. The number of benzene rings is 3. The number of carboxylic acids is 1. The molecule has 2 atom stereocenters. The van der Waals surface area contributed by atoms with Gasteiger partial charge in [-0.3, -0.25) is 4.79 Å². The Balaban J connectivity index is 1.37. The Hall–Kier alpha value is -4.57. The first-order chi connectivity index (χ1) is 18.7. The molecule has 10 nitrogen and oxygen atoms in total. The average molecular weight is 534 g/mol. The molecule has 0 saturated carbocycles. The van der Waals surface area contributed by atoms with Crippen LogP contribution in [-0.4, -0.2) is 65.4 Å². The summed E-state index contributed by atoms with van der Waals surface area (Å²) in [7, 11) is 1.48. The van der Waals surface area contributed by atoms with Crippen LogP contribution in [0.1, 0.15) is 27.9 Å². The quantitative estimate of drug-likeness (QED) is 0.327. The highest BCUT2D eigenvalue weighted by molar-refractivity contribution is 6.01. The minimum absolute atomic E-state index is 0.0709. The van der Waals surface area contributed by atoms with Gasteiger partial charge in [-0.1, -0.05) is 24.3 Å². The van der Waals surface area contributed by atoms with Gasteiger partial charge in [0.1, 0.15) is 18.1 Å². The Morgan fingerprint density at radius 2 is 1.72 bits per heavy atom. The maximum atomic E-state index is 13.2. The maximum absolute atomic E-state index is 13.2. The molecule has 0 bridgehead atoms. The molecule has 1 fully saturated rings. The molecule has 0 aliphatic carbocycles. The van der Waals surface area contributed by atoms with Crippen molar-refractivity contribution in [2.24, 2.45) is 0 Å². The molecule has 1 aliphatic heterocycles. The van der Waals surface area contributed by atoms with Crippen molar-refractivity contribution in [3.8, 4) is 11.5 Å². The molecule has 10 heteroatoms. The molecule has 0 unspecified atom stereocenters. The number of anilines is 2. The van der Waals surface area contributed by atoms with Crippen molar-refractivity contribution in [1.82, 2.24) is 4.90 Å². The summed E-state index contributed by atoms with van der Waals surface area (Å²) < 4.78 is 11.2. The second-order valence-electron chi connectivity index (χ2n) is 9.26. The number of para-hydroxylation sites is 1. The standard InChI is InChI=1S/C29H31N3O7/c1-18-5-3-4-6-22(18)30-29(37)31-23-12-7-19(15-26(23)38-2)16-27(34)32-14-13-25(33)24(32)17-39-21-10-8-20(9-11-21)28(35)36/h3-12,15,24-25,33H,13-14,16-17H2,1-2H3,(H,35,36)(H2,30,31,37)/t24-,25+/m1/s1. The lowest BCUT2D eigenvalue weighted by molar-refractivity contribution is -0.132. The predicted molar refractivity (Wildman–Crippen MR) is 146 cm³/mol. The highest BCUT2D eigenvalue weighted by Gasteiger charge is 2.36. The molecule has 3 aromatic carbocycles. The van der Waals surface area contributed by atoms with Crippen LogP contribution in [-0.2, 0) is 11.2 Å². The Labute approximate surface area is 226 Å². The summed E-state index contributed by atoms with van der Waals surface area (Å²) in [6.07, 6.45) is -0.234. The predicted octanol–water partition coefficient (Wildman–Crippen LogP) is 3.93. The Bertz CT molecular complexity index is 1340. The van der Waals surface area contributed by atoms with Gasteiger partial charge in [0.15, 0.2) is 0 Å². The van der Waals surface area contributed by atoms with Gasteiger partial charge in [-0.2, -0.15) is 0 Å². The summed E-state index contributed by atoms with van der Waals surface area (Å²) in [5, 5.41) is 25.1. The summed E-state index contributed by atoms with van der Waals surface area (Å²) in [5.74, 6) is -0.353. The Morgan fingerprint density at radius 1 is 1.00 bits per heavy atom. The molecule has 4 rings (SSSR count). The summed E-state index contributed by atoms with van der Waals surface area (Å²) in [6, 6.07) is 17.6. The third-order valence-electron chi connectivity index (χ3n) is 6.62. The number of hydrogen-bond donors (Lipinski definition) is 4. The van der Waals surface area contributed by atoms with Crippen LogP contribution >= 0.6 is 0 Å². The van der Waals surface area contributed by atoms with Crippen molar-refractivity contribution in [1.29, 1.82) is 0 Å². The van der Waals surface area contributed by atoms with Gasteiger partial charge >= 0.3 is 12.0 Å². The van der Waals surface area contributed by atoms with Gasteiger partial charge in [0, 0.05) is 12.2 Å². The van der Waals surface area contributed by atoms with Crippen molar-refractivity contribution >= 4 is 29.3 Å². The van der Waals surface area contributed by atoms with E-state index in [1.807, 2.05) is 31.2 Å². The third kappa shape index (κ3) is 6.85. The van der Waals surface area contributed by atoms with Gasteiger partial charge in [-0.15, -0.1) is 0 Å². The van der Waals surface area contributed by atoms with Crippen LogP contribution in [0, 0.1) is 6.92 Å². The fourth-order valence-corrected chi connectivity index (χ4v) is 4.44. The van der Waals surface area contributed by atoms with E-state index in [4.69, 9.17) is 14.6 Å². The number of likely N-dealkylation sites (tertiary alicyclic amines) is 1. The van der Waals surface area contributed by atoms with Gasteiger partial charge in [-0.05, 0) is 66.9 Å². The van der Waals surface area contributed by atoms with Crippen LogP contribution in [0.25, 0.3) is 0 Å². The average Bonchev–Trinajstić information content (AvgIpc) is 3.30. The molecule has 1 heterocycles. The first-order valence-electron chi connectivity index (χ1n) is 12.5. The van der Waals surface area contributed by atoms with E-state index in [1.165, 1.54) is 19.2 Å². The fourth-order valence-electron chi connectivity index (χ4n) is 4.44. The maximum Gasteiger partial charge on any atom is 0.335 e. The number of carboxylic acid groups (broad SMARTS) is 1. The van der Waals surface area contributed by atoms with E-state index in [-0.39, 0.29) is 24.5 Å². The number of hydrogen-bond acceptors (Lipinski definition) is 6. The van der Waals surface area contributed by atoms with Gasteiger partial charge < -0.3 is 35.2 Å². The molecule has 1 saturated heterocycles. The summed E-state index contributed by atoms with van der Waals surface area (Å²) in [4.78, 5) is 38.3. The summed E-state index contributed by atoms with van der Waals surface area (Å²) >= 11 is 0. The van der Waals surface area contributed by atoms with E-state index in [0.717, 1.165) is 5.56 Å². The van der Waals surface area contributed by atoms with Crippen LogP contribution in [0.5, 0.6) is 11.5 Å². The van der Waals surface area contributed by atoms with E-state index >= 15 is 0 Å². The lowest BCUT2D eigenvalue weighted by Gasteiger charge is -2.26. The second-order valence-corrected chi connectivity index (χ2v) is 9.26.